The molecule has 0 aliphatic rings. The van der Waals surface area contributed by atoms with E-state index in [1.165, 1.54) is 40.6 Å². The number of nitrogens with zero attached hydrogens (tertiary/aromatic N) is 3. The third-order valence-electron chi connectivity index (χ3n) is 5.62. The minimum Gasteiger partial charge on any atom is -0.387 e. The number of nitrogens with one attached hydrogen (secondary N) is 2. The summed E-state index contributed by atoms with van der Waals surface area (Å²) in [4.78, 5) is 34.2. The van der Waals surface area contributed by atoms with Gasteiger partial charge in [0.05, 0.1) is 11.3 Å². The normalized spacial score (nSPS) is 10.8. The van der Waals surface area contributed by atoms with Gasteiger partial charge >= 0.3 is 0 Å². The number of benzene rings is 2. The van der Waals surface area contributed by atoms with Gasteiger partial charge in [-0.1, -0.05) is 42.5 Å². The van der Waals surface area contributed by atoms with E-state index in [1.807, 2.05) is 18.2 Å². The summed E-state index contributed by atoms with van der Waals surface area (Å²) in [7, 11) is 1.62. The number of anilines is 2. The lowest BCUT2D eigenvalue weighted by molar-refractivity contribution is -0.118. The molecule has 0 atom stereocenters. The number of amides is 1. The molecule has 2 heterocycles. The lowest BCUT2D eigenvalue weighted by atomic mass is 10.0. The second kappa shape index (κ2) is 11.4. The third kappa shape index (κ3) is 5.81. The first-order valence-corrected chi connectivity index (χ1v) is 11.5. The number of aliphatic hydroxyl groups is 1. The maximum Gasteiger partial charge on any atom is 0.263 e. The number of hydrogen-bond acceptors (Lipinski definition) is 6. The van der Waals surface area contributed by atoms with Crippen molar-refractivity contribution in [2.75, 3.05) is 23.8 Å². The van der Waals surface area contributed by atoms with E-state index < -0.39 is 18.3 Å². The topological polar surface area (TPSA) is 109 Å². The van der Waals surface area contributed by atoms with Gasteiger partial charge in [0.25, 0.3) is 5.56 Å². The molecule has 184 valence electrons. The van der Waals surface area contributed by atoms with Crippen LogP contribution in [0, 0.1) is 5.82 Å². The number of aryl methyl sites for hydroxylation is 1. The van der Waals surface area contributed by atoms with Gasteiger partial charge in [-0.15, -0.1) is 0 Å². The first kappa shape index (κ1) is 24.7. The van der Waals surface area contributed by atoms with Crippen LogP contribution in [0.5, 0.6) is 0 Å². The Bertz CT molecular complexity index is 1410. The van der Waals surface area contributed by atoms with E-state index >= 15 is 0 Å². The van der Waals surface area contributed by atoms with Crippen molar-refractivity contribution >= 4 is 17.5 Å². The first-order chi connectivity index (χ1) is 17.5. The van der Waals surface area contributed by atoms with Crippen LogP contribution in [0.3, 0.4) is 0 Å². The molecule has 4 rings (SSSR count). The standard InChI is InChI=1S/C27H26FN5O3/c1-33-26(36)24(19-9-11-20(28)12-10-19)25(22-16-21(13-15-29-22)31-23(35)17-34)32-27(33)30-14-5-8-18-6-3-2-4-7-18/h2-4,6-7,9-13,15-16,34H,5,8,14,17H2,1H3,(H,30,32)(H,29,31,35). The highest BCUT2D eigenvalue weighted by Crippen LogP contribution is 2.29. The maximum absolute atomic E-state index is 13.6. The van der Waals surface area contributed by atoms with Crippen LogP contribution in [0.2, 0.25) is 0 Å². The number of hydrogen-bond donors (Lipinski definition) is 3. The van der Waals surface area contributed by atoms with Crippen molar-refractivity contribution in [1.82, 2.24) is 14.5 Å². The molecule has 0 saturated heterocycles. The summed E-state index contributed by atoms with van der Waals surface area (Å²) in [5.41, 5.74) is 2.66. The van der Waals surface area contributed by atoms with Crippen LogP contribution in [0.25, 0.3) is 22.5 Å². The van der Waals surface area contributed by atoms with E-state index in [2.05, 4.69) is 27.8 Å². The van der Waals surface area contributed by atoms with Crippen molar-refractivity contribution in [2.45, 2.75) is 12.8 Å². The van der Waals surface area contributed by atoms with Crippen LogP contribution in [0.15, 0.2) is 77.7 Å². The third-order valence-corrected chi connectivity index (χ3v) is 5.62. The summed E-state index contributed by atoms with van der Waals surface area (Å²) in [6, 6.07) is 18.8. The summed E-state index contributed by atoms with van der Waals surface area (Å²) in [5, 5.41) is 14.9. The van der Waals surface area contributed by atoms with Crippen LogP contribution < -0.4 is 16.2 Å². The van der Waals surface area contributed by atoms with Gasteiger partial charge in [0.2, 0.25) is 11.9 Å². The number of rotatable bonds is 9. The molecule has 8 nitrogen and oxygen atoms in total. The predicted octanol–water partition coefficient (Wildman–Crippen LogP) is 3.62. The summed E-state index contributed by atoms with van der Waals surface area (Å²) in [6.45, 7) is -0.0792. The van der Waals surface area contributed by atoms with Gasteiger partial charge in [0.15, 0.2) is 0 Å². The van der Waals surface area contributed by atoms with Crippen LogP contribution in [-0.4, -0.2) is 38.7 Å². The number of pyridine rings is 1. The Kier molecular flexibility index (Phi) is 7.82. The van der Waals surface area contributed by atoms with Crippen molar-refractivity contribution in [2.24, 2.45) is 7.05 Å². The van der Waals surface area contributed by atoms with E-state index in [4.69, 9.17) is 10.1 Å². The smallest absolute Gasteiger partial charge is 0.263 e. The predicted molar refractivity (Wildman–Crippen MR) is 137 cm³/mol. The number of aromatic nitrogens is 3. The molecule has 0 aliphatic carbocycles. The molecule has 0 saturated carbocycles. The van der Waals surface area contributed by atoms with E-state index in [9.17, 15) is 14.0 Å². The minimum atomic E-state index is -0.667. The first-order valence-electron chi connectivity index (χ1n) is 11.5. The maximum atomic E-state index is 13.6. The summed E-state index contributed by atoms with van der Waals surface area (Å²) in [6.07, 6.45) is 3.18. The molecule has 0 unspecified atom stereocenters. The lowest BCUT2D eigenvalue weighted by Crippen LogP contribution is -2.25. The lowest BCUT2D eigenvalue weighted by Gasteiger charge is -2.16. The molecule has 0 fully saturated rings. The Morgan fingerprint density at radius 3 is 2.56 bits per heavy atom. The Labute approximate surface area is 207 Å². The highest BCUT2D eigenvalue weighted by atomic mass is 19.1. The van der Waals surface area contributed by atoms with Gasteiger partial charge in [0, 0.05) is 25.5 Å². The molecule has 36 heavy (non-hydrogen) atoms. The second-order valence-corrected chi connectivity index (χ2v) is 8.18. The fraction of sp³-hybridized carbons (Fsp3) is 0.185. The van der Waals surface area contributed by atoms with Gasteiger partial charge in [-0.25, -0.2) is 9.37 Å². The number of carbonyl (C=O) groups is 1. The summed E-state index contributed by atoms with van der Waals surface area (Å²) in [5.74, 6) is -0.641. The second-order valence-electron chi connectivity index (χ2n) is 8.18. The van der Waals surface area contributed by atoms with E-state index in [1.54, 1.807) is 19.2 Å². The van der Waals surface area contributed by atoms with Gasteiger partial charge in [-0.3, -0.25) is 19.1 Å². The average Bonchev–Trinajstić information content (AvgIpc) is 2.90. The van der Waals surface area contributed by atoms with Gasteiger partial charge in [-0.2, -0.15) is 0 Å². The van der Waals surface area contributed by atoms with Gasteiger partial charge < -0.3 is 15.7 Å². The zero-order chi connectivity index (χ0) is 25.5. The molecule has 3 N–H and O–H groups in total. The Morgan fingerprint density at radius 2 is 1.83 bits per heavy atom. The molecule has 0 spiro atoms. The SMILES string of the molecule is Cn1c(NCCCc2ccccc2)nc(-c2cc(NC(=O)CO)ccn2)c(-c2ccc(F)cc2)c1=O. The molecule has 9 heteroatoms. The molecular formula is C27H26FN5O3. The van der Waals surface area contributed by atoms with E-state index in [0.717, 1.165) is 12.8 Å². The van der Waals surface area contributed by atoms with Crippen LogP contribution in [-0.2, 0) is 18.3 Å². The van der Waals surface area contributed by atoms with Crippen molar-refractivity contribution in [1.29, 1.82) is 0 Å². The minimum absolute atomic E-state index is 0.255. The van der Waals surface area contributed by atoms with Gasteiger partial charge in [-0.05, 0) is 48.2 Å². The highest BCUT2D eigenvalue weighted by Gasteiger charge is 2.19. The Hall–Kier alpha value is -4.37. The quantitative estimate of drug-likeness (QED) is 0.311. The molecule has 0 bridgehead atoms. The fourth-order valence-electron chi connectivity index (χ4n) is 3.80. The summed E-state index contributed by atoms with van der Waals surface area (Å²) < 4.78 is 15.0. The van der Waals surface area contributed by atoms with Crippen molar-refractivity contribution in [3.63, 3.8) is 0 Å². The highest BCUT2D eigenvalue weighted by molar-refractivity contribution is 5.92. The van der Waals surface area contributed by atoms with Crippen LogP contribution in [0.1, 0.15) is 12.0 Å². The zero-order valence-corrected chi connectivity index (χ0v) is 19.7. The molecule has 0 aliphatic heterocycles. The molecule has 4 aromatic rings. The molecule has 2 aromatic heterocycles. The number of halogens is 1. The number of aliphatic hydroxyl groups excluding tert-OH is 1. The molecule has 2 aromatic carbocycles. The zero-order valence-electron chi connectivity index (χ0n) is 19.7. The summed E-state index contributed by atoms with van der Waals surface area (Å²) >= 11 is 0. The number of carbonyl (C=O) groups excluding carboxylic acids is 1. The van der Waals surface area contributed by atoms with E-state index in [0.29, 0.717) is 29.4 Å². The average molecular weight is 488 g/mol. The molecular weight excluding hydrogens is 461 g/mol. The van der Waals surface area contributed by atoms with Crippen LogP contribution in [0.4, 0.5) is 16.0 Å². The Morgan fingerprint density at radius 1 is 1.08 bits per heavy atom. The van der Waals surface area contributed by atoms with Crippen molar-refractivity contribution in [3.8, 4) is 22.5 Å². The van der Waals surface area contributed by atoms with Crippen molar-refractivity contribution < 1.29 is 14.3 Å². The molecule has 0 radical (unpaired) electrons. The Balaban J connectivity index is 1.71. The fourth-order valence-corrected chi connectivity index (χ4v) is 3.80. The largest absolute Gasteiger partial charge is 0.387 e. The van der Waals surface area contributed by atoms with Crippen molar-refractivity contribution in [3.05, 3.63) is 94.7 Å². The molecule has 1 amide bonds. The monoisotopic (exact) mass is 487 g/mol. The van der Waals surface area contributed by atoms with Crippen LogP contribution >= 0.6 is 0 Å². The van der Waals surface area contributed by atoms with Gasteiger partial charge in [0.1, 0.15) is 18.1 Å². The van der Waals surface area contributed by atoms with E-state index in [-0.39, 0.29) is 16.8 Å².